The van der Waals surface area contributed by atoms with Crippen LogP contribution in [0.25, 0.3) is 0 Å². The van der Waals surface area contributed by atoms with Crippen molar-refractivity contribution in [3.05, 3.63) is 5.21 Å². The van der Waals surface area contributed by atoms with Gasteiger partial charge >= 0.3 is 0 Å². The third-order valence-electron chi connectivity index (χ3n) is 1.94. The summed E-state index contributed by atoms with van der Waals surface area (Å²) in [5.41, 5.74) is 11.5. The highest BCUT2D eigenvalue weighted by atomic mass is 16.8. The maximum absolute atomic E-state index is 10.7. The quantitative estimate of drug-likeness (QED) is 0.175. The second-order valence-corrected chi connectivity index (χ2v) is 3.16. The molecule has 0 heterocycles. The van der Waals surface area contributed by atoms with Crippen molar-refractivity contribution in [1.29, 1.82) is 0 Å². The van der Waals surface area contributed by atoms with E-state index in [-0.39, 0.29) is 18.0 Å². The van der Waals surface area contributed by atoms with Crippen LogP contribution in [0.5, 0.6) is 0 Å². The van der Waals surface area contributed by atoms with Crippen LogP contribution in [0.15, 0.2) is 0 Å². The summed E-state index contributed by atoms with van der Waals surface area (Å²) in [4.78, 5) is 4.13. The van der Waals surface area contributed by atoms with Crippen molar-refractivity contribution in [3.8, 4) is 0 Å². The van der Waals surface area contributed by atoms with Crippen LogP contribution in [0, 0.1) is 5.21 Å². The van der Waals surface area contributed by atoms with Crippen molar-refractivity contribution in [2.24, 2.45) is 23.2 Å². The Labute approximate surface area is 69.2 Å². The predicted octanol–water partition coefficient (Wildman–Crippen LogP) is -2.84. The normalized spacial score (nSPS) is 41.5. The Morgan fingerprint density at radius 1 is 1.42 bits per heavy atom. The SMILES string of the molecule is NONC1(N)CC(N)(N(N)[O-])C1. The zero-order valence-corrected chi connectivity index (χ0v) is 6.49. The molecular weight excluding hydrogens is 164 g/mol. The average molecular weight is 177 g/mol. The Hall–Kier alpha value is -0.320. The zero-order valence-electron chi connectivity index (χ0n) is 6.49. The lowest BCUT2D eigenvalue weighted by Crippen LogP contribution is -2.78. The molecule has 1 aliphatic rings. The van der Waals surface area contributed by atoms with Gasteiger partial charge in [0, 0.05) is 12.8 Å². The minimum absolute atomic E-state index is 0.178. The maximum atomic E-state index is 10.7. The van der Waals surface area contributed by atoms with Gasteiger partial charge in [0.1, 0.15) is 0 Å². The summed E-state index contributed by atoms with van der Waals surface area (Å²) in [6, 6.07) is 0. The lowest BCUT2D eigenvalue weighted by atomic mass is 9.75. The molecule has 8 heteroatoms. The third kappa shape index (κ3) is 1.55. The first kappa shape index (κ1) is 9.77. The van der Waals surface area contributed by atoms with Gasteiger partial charge in [0.15, 0.2) is 0 Å². The molecule has 0 aromatic heterocycles. The molecule has 1 rings (SSSR count). The molecule has 0 saturated heterocycles. The lowest BCUT2D eigenvalue weighted by Gasteiger charge is -2.57. The number of hydrogen-bond acceptors (Lipinski definition) is 8. The van der Waals surface area contributed by atoms with E-state index in [1.54, 1.807) is 0 Å². The molecule has 8 nitrogen and oxygen atoms in total. The van der Waals surface area contributed by atoms with Crippen LogP contribution in [0.1, 0.15) is 12.8 Å². The molecule has 0 amide bonds. The summed E-state index contributed by atoms with van der Waals surface area (Å²) in [7, 11) is 0. The van der Waals surface area contributed by atoms with Crippen molar-refractivity contribution >= 4 is 0 Å². The highest BCUT2D eigenvalue weighted by molar-refractivity contribution is 5.07. The lowest BCUT2D eigenvalue weighted by molar-refractivity contribution is -0.116. The van der Waals surface area contributed by atoms with Crippen molar-refractivity contribution in [2.45, 2.75) is 24.2 Å². The van der Waals surface area contributed by atoms with Gasteiger partial charge in [-0.15, -0.1) is 0 Å². The number of hydroxylamine groups is 2. The molecule has 0 unspecified atom stereocenters. The number of nitrogens with two attached hydrogens (primary N) is 4. The van der Waals surface area contributed by atoms with Gasteiger partial charge in [-0.3, -0.25) is 5.84 Å². The maximum Gasteiger partial charge on any atom is 0.0977 e. The molecule has 1 fully saturated rings. The van der Waals surface area contributed by atoms with Gasteiger partial charge in [0.2, 0.25) is 0 Å². The summed E-state index contributed by atoms with van der Waals surface area (Å²) in [5.74, 6) is 9.68. The van der Waals surface area contributed by atoms with Crippen LogP contribution in [-0.2, 0) is 4.94 Å². The number of rotatable bonds is 3. The second-order valence-electron chi connectivity index (χ2n) is 3.16. The highest BCUT2D eigenvalue weighted by Gasteiger charge is 2.51. The molecule has 0 aliphatic heterocycles. The molecule has 0 bridgehead atoms. The standard InChI is InChI=1S/C4H13N6O2/c5-3(9-12-8)1-4(6,2-3)10(7)11/h9H,1-2,5-8H2/q-1. The van der Waals surface area contributed by atoms with E-state index < -0.39 is 11.3 Å². The van der Waals surface area contributed by atoms with Gasteiger partial charge in [-0.05, 0) is 0 Å². The Balaban J connectivity index is 2.44. The van der Waals surface area contributed by atoms with Crippen LogP contribution in [0.2, 0.25) is 0 Å². The molecule has 0 radical (unpaired) electrons. The fourth-order valence-corrected chi connectivity index (χ4v) is 1.39. The molecule has 1 saturated carbocycles. The van der Waals surface area contributed by atoms with Crippen LogP contribution >= 0.6 is 0 Å². The van der Waals surface area contributed by atoms with E-state index in [4.69, 9.17) is 23.2 Å². The van der Waals surface area contributed by atoms with E-state index in [1.165, 1.54) is 0 Å². The number of hydrazine groups is 1. The zero-order chi connectivity index (χ0) is 9.41. The number of nitrogens with zero attached hydrogens (tertiary/aromatic N) is 1. The first-order chi connectivity index (χ1) is 5.42. The number of nitrogens with one attached hydrogen (secondary N) is 1. The second kappa shape index (κ2) is 2.87. The van der Waals surface area contributed by atoms with Crippen LogP contribution < -0.4 is 28.7 Å². The fourth-order valence-electron chi connectivity index (χ4n) is 1.39. The molecule has 0 atom stereocenters. The Kier molecular flexibility index (Phi) is 2.33. The molecule has 0 aromatic carbocycles. The smallest absolute Gasteiger partial charge is 0.0977 e. The summed E-state index contributed by atoms with van der Waals surface area (Å²) in [6.45, 7) is 0. The molecule has 9 N–H and O–H groups in total. The summed E-state index contributed by atoms with van der Waals surface area (Å²) < 4.78 is 0. The summed E-state index contributed by atoms with van der Waals surface area (Å²) in [5, 5.41) is 10.8. The van der Waals surface area contributed by atoms with Gasteiger partial charge in [-0.2, -0.15) is 11.4 Å². The van der Waals surface area contributed by atoms with Crippen molar-refractivity contribution < 1.29 is 4.94 Å². The molecule has 0 aromatic rings. The Bertz CT molecular complexity index is 167. The monoisotopic (exact) mass is 177 g/mol. The molecular formula is C4H13N6O2-. The fraction of sp³-hybridized carbons (Fsp3) is 1.00. The van der Waals surface area contributed by atoms with E-state index in [9.17, 15) is 5.21 Å². The van der Waals surface area contributed by atoms with Gasteiger partial charge in [0.05, 0.1) is 11.3 Å². The number of hydrogen-bond donors (Lipinski definition) is 5. The minimum Gasteiger partial charge on any atom is -0.770 e. The first-order valence-electron chi connectivity index (χ1n) is 3.35. The van der Waals surface area contributed by atoms with Crippen LogP contribution in [0.4, 0.5) is 0 Å². The molecule has 1 aliphatic carbocycles. The van der Waals surface area contributed by atoms with Crippen molar-refractivity contribution in [1.82, 2.24) is 10.7 Å². The van der Waals surface area contributed by atoms with Gasteiger partial charge in [-0.1, -0.05) is 0 Å². The van der Waals surface area contributed by atoms with Crippen molar-refractivity contribution in [2.75, 3.05) is 0 Å². The minimum atomic E-state index is -1.11. The highest BCUT2D eigenvalue weighted by Crippen LogP contribution is 2.36. The molecule has 72 valence electrons. The van der Waals surface area contributed by atoms with Gasteiger partial charge in [0.25, 0.3) is 0 Å². The predicted molar refractivity (Wildman–Crippen MR) is 40.9 cm³/mol. The third-order valence-corrected chi connectivity index (χ3v) is 1.94. The van der Waals surface area contributed by atoms with Crippen LogP contribution in [-0.4, -0.2) is 16.5 Å². The molecule has 12 heavy (non-hydrogen) atoms. The molecule has 0 spiro atoms. The average Bonchev–Trinajstić information content (AvgIpc) is 1.84. The summed E-state index contributed by atoms with van der Waals surface area (Å²) in [6.07, 6.45) is 0.356. The topological polar surface area (TPSA) is 152 Å². The van der Waals surface area contributed by atoms with Crippen molar-refractivity contribution in [3.63, 3.8) is 0 Å². The van der Waals surface area contributed by atoms with E-state index >= 15 is 0 Å². The van der Waals surface area contributed by atoms with E-state index in [0.717, 1.165) is 0 Å². The van der Waals surface area contributed by atoms with E-state index in [0.29, 0.717) is 0 Å². The van der Waals surface area contributed by atoms with Gasteiger partial charge in [-0.25, -0.2) is 4.94 Å². The Morgan fingerprint density at radius 3 is 2.25 bits per heavy atom. The Morgan fingerprint density at radius 2 is 1.92 bits per heavy atom. The van der Waals surface area contributed by atoms with E-state index in [2.05, 4.69) is 10.4 Å². The summed E-state index contributed by atoms with van der Waals surface area (Å²) >= 11 is 0. The van der Waals surface area contributed by atoms with Crippen LogP contribution in [0.3, 0.4) is 0 Å². The van der Waals surface area contributed by atoms with E-state index in [1.807, 2.05) is 0 Å². The van der Waals surface area contributed by atoms with Gasteiger partial charge < -0.3 is 21.8 Å². The first-order valence-corrected chi connectivity index (χ1v) is 3.35. The largest absolute Gasteiger partial charge is 0.770 e.